The summed E-state index contributed by atoms with van der Waals surface area (Å²) < 4.78 is 5.64. The second-order valence-electron chi connectivity index (χ2n) is 4.90. The van der Waals surface area contributed by atoms with E-state index in [2.05, 4.69) is 4.98 Å². The Hall–Kier alpha value is -1.84. The lowest BCUT2D eigenvalue weighted by Gasteiger charge is -2.17. The molecule has 1 heterocycles. The van der Waals surface area contributed by atoms with E-state index in [1.807, 2.05) is 39.0 Å². The molecule has 1 aromatic carbocycles. The number of rotatable bonds is 3. The van der Waals surface area contributed by atoms with Gasteiger partial charge in [-0.2, -0.15) is 0 Å². The fourth-order valence-electron chi connectivity index (χ4n) is 1.83. The van der Waals surface area contributed by atoms with E-state index in [1.165, 1.54) is 0 Å². The van der Waals surface area contributed by atoms with Gasteiger partial charge in [-0.15, -0.1) is 0 Å². The number of oxazole rings is 1. The Kier molecular flexibility index (Phi) is 2.65. The smallest absolute Gasteiger partial charge is 0.304 e. The van der Waals surface area contributed by atoms with E-state index in [0.717, 1.165) is 11.1 Å². The van der Waals surface area contributed by atoms with Crippen LogP contribution in [0.1, 0.15) is 31.7 Å². The van der Waals surface area contributed by atoms with Crippen LogP contribution in [0.5, 0.6) is 0 Å². The van der Waals surface area contributed by atoms with E-state index < -0.39 is 11.4 Å². The summed E-state index contributed by atoms with van der Waals surface area (Å²) in [7, 11) is 0. The topological polar surface area (TPSA) is 63.3 Å². The van der Waals surface area contributed by atoms with Gasteiger partial charge in [0.25, 0.3) is 0 Å². The molecular weight excluding hydrogens is 218 g/mol. The van der Waals surface area contributed by atoms with Crippen molar-refractivity contribution in [2.45, 2.75) is 32.6 Å². The van der Waals surface area contributed by atoms with Crippen LogP contribution in [0.4, 0.5) is 0 Å². The summed E-state index contributed by atoms with van der Waals surface area (Å²) in [5.74, 6) is -0.377. The second kappa shape index (κ2) is 3.87. The third kappa shape index (κ3) is 2.16. The van der Waals surface area contributed by atoms with Crippen molar-refractivity contribution in [3.63, 3.8) is 0 Å². The molecule has 1 aromatic heterocycles. The molecule has 0 atom stereocenters. The molecule has 2 aromatic rings. The number of carboxylic acids is 1. The van der Waals surface area contributed by atoms with Crippen LogP contribution in [0.15, 0.2) is 22.6 Å². The van der Waals surface area contributed by atoms with Gasteiger partial charge in [0, 0.05) is 0 Å². The predicted octanol–water partition coefficient (Wildman–Crippen LogP) is 2.89. The summed E-state index contributed by atoms with van der Waals surface area (Å²) in [6.07, 6.45) is -0.00112. The molecule has 0 bridgehead atoms. The van der Waals surface area contributed by atoms with Crippen molar-refractivity contribution >= 4 is 17.1 Å². The molecule has 2 rings (SSSR count). The fourth-order valence-corrected chi connectivity index (χ4v) is 1.83. The molecular formula is C13H15NO3. The van der Waals surface area contributed by atoms with Crippen molar-refractivity contribution in [3.8, 4) is 0 Å². The third-order valence-corrected chi connectivity index (χ3v) is 2.79. The van der Waals surface area contributed by atoms with E-state index in [9.17, 15) is 4.79 Å². The molecule has 0 saturated carbocycles. The maximum absolute atomic E-state index is 10.8. The zero-order chi connectivity index (χ0) is 12.6. The highest BCUT2D eigenvalue weighted by atomic mass is 16.4. The van der Waals surface area contributed by atoms with Gasteiger partial charge in [-0.25, -0.2) is 4.98 Å². The minimum Gasteiger partial charge on any atom is -0.481 e. The summed E-state index contributed by atoms with van der Waals surface area (Å²) in [6, 6.07) is 5.70. The van der Waals surface area contributed by atoms with Crippen LogP contribution in [0.3, 0.4) is 0 Å². The lowest BCUT2D eigenvalue weighted by atomic mass is 9.89. The van der Waals surface area contributed by atoms with E-state index in [1.54, 1.807) is 0 Å². The van der Waals surface area contributed by atoms with E-state index >= 15 is 0 Å². The Morgan fingerprint density at radius 1 is 1.47 bits per heavy atom. The Bertz CT molecular complexity index is 569. The molecule has 1 N–H and O–H groups in total. The van der Waals surface area contributed by atoms with Gasteiger partial charge in [0.2, 0.25) is 5.89 Å². The number of carboxylic acid groups (broad SMARTS) is 1. The molecule has 0 aliphatic rings. The van der Waals surface area contributed by atoms with Crippen molar-refractivity contribution in [2.75, 3.05) is 0 Å². The number of aryl methyl sites for hydroxylation is 1. The maximum Gasteiger partial charge on any atom is 0.304 e. The summed E-state index contributed by atoms with van der Waals surface area (Å²) in [5.41, 5.74) is 1.94. The highest BCUT2D eigenvalue weighted by Crippen LogP contribution is 2.30. The highest BCUT2D eigenvalue weighted by molar-refractivity contribution is 5.76. The molecule has 0 spiro atoms. The number of nitrogens with zero attached hydrogens (tertiary/aromatic N) is 1. The summed E-state index contributed by atoms with van der Waals surface area (Å²) >= 11 is 0. The fraction of sp³-hybridized carbons (Fsp3) is 0.385. The molecule has 0 aliphatic heterocycles. The first-order chi connectivity index (χ1) is 7.90. The zero-order valence-electron chi connectivity index (χ0n) is 10.2. The molecule has 0 fully saturated rings. The minimum absolute atomic E-state index is 0.00112. The van der Waals surface area contributed by atoms with Gasteiger partial charge < -0.3 is 9.52 Å². The number of fused-ring (bicyclic) bond motifs is 1. The molecule has 4 heteroatoms. The van der Waals surface area contributed by atoms with Gasteiger partial charge in [-0.1, -0.05) is 26.0 Å². The molecule has 0 saturated heterocycles. The van der Waals surface area contributed by atoms with Gasteiger partial charge >= 0.3 is 5.97 Å². The van der Waals surface area contributed by atoms with Crippen molar-refractivity contribution in [1.29, 1.82) is 0 Å². The molecule has 4 nitrogen and oxygen atoms in total. The van der Waals surface area contributed by atoms with Crippen LogP contribution in [0, 0.1) is 6.92 Å². The predicted molar refractivity (Wildman–Crippen MR) is 64.0 cm³/mol. The Morgan fingerprint density at radius 3 is 2.76 bits per heavy atom. The van der Waals surface area contributed by atoms with E-state index in [4.69, 9.17) is 9.52 Å². The summed E-state index contributed by atoms with van der Waals surface area (Å²) in [6.45, 7) is 5.60. The molecule has 0 radical (unpaired) electrons. The lowest BCUT2D eigenvalue weighted by molar-refractivity contribution is -0.138. The Balaban J connectivity index is 2.49. The van der Waals surface area contributed by atoms with Gasteiger partial charge in [-0.05, 0) is 18.6 Å². The molecule has 17 heavy (non-hydrogen) atoms. The first kappa shape index (κ1) is 11.6. The normalized spacial score (nSPS) is 11.9. The minimum atomic E-state index is -0.853. The van der Waals surface area contributed by atoms with Crippen LogP contribution in [0.2, 0.25) is 0 Å². The molecule has 90 valence electrons. The number of para-hydroxylation sites is 1. The van der Waals surface area contributed by atoms with E-state index in [-0.39, 0.29) is 6.42 Å². The van der Waals surface area contributed by atoms with Crippen LogP contribution < -0.4 is 0 Å². The van der Waals surface area contributed by atoms with Gasteiger partial charge in [0.05, 0.1) is 11.8 Å². The monoisotopic (exact) mass is 233 g/mol. The zero-order valence-corrected chi connectivity index (χ0v) is 10.2. The van der Waals surface area contributed by atoms with Crippen molar-refractivity contribution in [3.05, 3.63) is 29.7 Å². The van der Waals surface area contributed by atoms with Crippen molar-refractivity contribution in [1.82, 2.24) is 4.98 Å². The van der Waals surface area contributed by atoms with Crippen LogP contribution in [-0.4, -0.2) is 16.1 Å². The van der Waals surface area contributed by atoms with Crippen LogP contribution >= 0.6 is 0 Å². The largest absolute Gasteiger partial charge is 0.481 e. The van der Waals surface area contributed by atoms with Crippen LogP contribution in [-0.2, 0) is 10.2 Å². The SMILES string of the molecule is Cc1cccc2oc(C(C)(C)CC(=O)O)nc12. The first-order valence-electron chi connectivity index (χ1n) is 5.48. The van der Waals surface area contributed by atoms with Gasteiger partial charge in [0.1, 0.15) is 5.52 Å². The number of hydrogen-bond donors (Lipinski definition) is 1. The van der Waals surface area contributed by atoms with Gasteiger partial charge in [-0.3, -0.25) is 4.79 Å². The van der Waals surface area contributed by atoms with Crippen LogP contribution in [0.25, 0.3) is 11.1 Å². The Morgan fingerprint density at radius 2 is 2.18 bits per heavy atom. The third-order valence-electron chi connectivity index (χ3n) is 2.79. The standard InChI is InChI=1S/C13H15NO3/c1-8-5-4-6-9-11(8)14-12(17-9)13(2,3)7-10(15)16/h4-6H,7H2,1-3H3,(H,15,16). The number of carbonyl (C=O) groups is 1. The molecule has 0 amide bonds. The average Bonchev–Trinajstić information content (AvgIpc) is 2.61. The molecule has 0 unspecified atom stereocenters. The average molecular weight is 233 g/mol. The highest BCUT2D eigenvalue weighted by Gasteiger charge is 2.29. The number of aliphatic carboxylic acids is 1. The molecule has 0 aliphatic carbocycles. The number of benzene rings is 1. The summed E-state index contributed by atoms with van der Waals surface area (Å²) in [4.78, 5) is 15.2. The summed E-state index contributed by atoms with van der Waals surface area (Å²) in [5, 5.41) is 8.87. The number of hydrogen-bond acceptors (Lipinski definition) is 3. The Labute approximate surface area is 99.3 Å². The van der Waals surface area contributed by atoms with Crippen molar-refractivity contribution in [2.24, 2.45) is 0 Å². The second-order valence-corrected chi connectivity index (χ2v) is 4.90. The quantitative estimate of drug-likeness (QED) is 0.885. The van der Waals surface area contributed by atoms with Crippen molar-refractivity contribution < 1.29 is 14.3 Å². The maximum atomic E-state index is 10.8. The first-order valence-corrected chi connectivity index (χ1v) is 5.48. The number of aromatic nitrogens is 1. The van der Waals surface area contributed by atoms with Gasteiger partial charge in [0.15, 0.2) is 5.58 Å². The van der Waals surface area contributed by atoms with E-state index in [0.29, 0.717) is 11.5 Å². The lowest BCUT2D eigenvalue weighted by Crippen LogP contribution is -2.21.